The van der Waals surface area contributed by atoms with Gasteiger partial charge in [-0.15, -0.1) is 17.0 Å². The Morgan fingerprint density at radius 3 is 2.64 bits per heavy atom. The Morgan fingerprint density at radius 2 is 2.18 bits per heavy atom. The number of nitrogen functional groups attached to an aromatic ring is 1. The summed E-state index contributed by atoms with van der Waals surface area (Å²) in [6.07, 6.45) is 1.56. The molecule has 0 saturated carbocycles. The molecule has 1 aromatic heterocycles. The Bertz CT molecular complexity index is 238. The van der Waals surface area contributed by atoms with Crippen LogP contribution in [0.3, 0.4) is 0 Å². The summed E-state index contributed by atoms with van der Waals surface area (Å²) < 4.78 is 0.763. The monoisotopic (exact) mass is 282 g/mol. The Labute approximate surface area is 83.5 Å². The van der Waals surface area contributed by atoms with Gasteiger partial charge in [0.25, 0.3) is 0 Å². The molecule has 0 amide bonds. The number of halogens is 2. The first-order chi connectivity index (χ1) is 4.63. The zero-order chi connectivity index (χ0) is 7.72. The molecule has 0 radical (unpaired) electrons. The summed E-state index contributed by atoms with van der Waals surface area (Å²) in [5, 5.41) is 9.17. The summed E-state index contributed by atoms with van der Waals surface area (Å²) in [6, 6.07) is 0. The zero-order valence-corrected chi connectivity index (χ0v) is 9.13. The van der Waals surface area contributed by atoms with Crippen molar-refractivity contribution in [2.75, 3.05) is 5.73 Å². The van der Waals surface area contributed by atoms with Crippen molar-refractivity contribution in [1.29, 1.82) is 0 Å². The fourth-order valence-corrected chi connectivity index (χ4v) is 0.880. The Kier molecular flexibility index (Phi) is 3.82. The van der Waals surface area contributed by atoms with Crippen LogP contribution in [0.25, 0.3) is 0 Å². The van der Waals surface area contributed by atoms with Crippen LogP contribution in [0.1, 0.15) is 5.56 Å². The molecule has 0 saturated heterocycles. The fourth-order valence-electron chi connectivity index (χ4n) is 0.589. The standard InChI is InChI=1S/C6H7BrN2O.BrH/c1-3-4(7)2-9-6(8)5(3)10;/h2,10H,1H3,(H2,8,9);1H. The molecule has 1 aromatic rings. The van der Waals surface area contributed by atoms with E-state index in [-0.39, 0.29) is 28.5 Å². The van der Waals surface area contributed by atoms with Crippen LogP contribution in [0.5, 0.6) is 5.75 Å². The van der Waals surface area contributed by atoms with Crippen molar-refractivity contribution >= 4 is 38.7 Å². The third-order valence-corrected chi connectivity index (χ3v) is 2.07. The molecule has 1 rings (SSSR count). The second-order valence-electron chi connectivity index (χ2n) is 1.96. The van der Waals surface area contributed by atoms with E-state index >= 15 is 0 Å². The van der Waals surface area contributed by atoms with E-state index in [2.05, 4.69) is 20.9 Å². The molecule has 3 nitrogen and oxygen atoms in total. The maximum absolute atomic E-state index is 9.17. The van der Waals surface area contributed by atoms with E-state index in [9.17, 15) is 0 Å². The summed E-state index contributed by atoms with van der Waals surface area (Å²) in [7, 11) is 0. The normalized spacial score (nSPS) is 8.91. The van der Waals surface area contributed by atoms with Crippen molar-refractivity contribution in [3.05, 3.63) is 16.2 Å². The van der Waals surface area contributed by atoms with Gasteiger partial charge in [0.05, 0.1) is 0 Å². The molecule has 1 heterocycles. The van der Waals surface area contributed by atoms with E-state index in [1.165, 1.54) is 0 Å². The lowest BCUT2D eigenvalue weighted by molar-refractivity contribution is 0.471. The number of hydrogen-bond acceptors (Lipinski definition) is 3. The Balaban J connectivity index is 0.000001000. The SMILES string of the molecule is Br.Cc1c(Br)cnc(N)c1O. The maximum atomic E-state index is 9.17. The first-order valence-electron chi connectivity index (χ1n) is 2.72. The predicted octanol–water partition coefficient (Wildman–Crippen LogP) is 2.02. The number of nitrogens with zero attached hydrogens (tertiary/aromatic N) is 1. The molecular weight excluding hydrogens is 276 g/mol. The van der Waals surface area contributed by atoms with Crippen LogP contribution >= 0.6 is 32.9 Å². The average molecular weight is 284 g/mol. The summed E-state index contributed by atoms with van der Waals surface area (Å²) in [6.45, 7) is 1.76. The van der Waals surface area contributed by atoms with Crippen molar-refractivity contribution in [3.63, 3.8) is 0 Å². The smallest absolute Gasteiger partial charge is 0.166 e. The van der Waals surface area contributed by atoms with Gasteiger partial charge >= 0.3 is 0 Å². The lowest BCUT2D eigenvalue weighted by Gasteiger charge is -2.01. The minimum atomic E-state index is 0. The van der Waals surface area contributed by atoms with Crippen LogP contribution in [0, 0.1) is 6.92 Å². The minimum Gasteiger partial charge on any atom is -0.504 e. The third kappa shape index (κ3) is 2.07. The van der Waals surface area contributed by atoms with E-state index in [1.807, 2.05) is 0 Å². The lowest BCUT2D eigenvalue weighted by atomic mass is 10.3. The van der Waals surface area contributed by atoms with Crippen LogP contribution in [0.4, 0.5) is 5.82 Å². The molecule has 62 valence electrons. The lowest BCUT2D eigenvalue weighted by Crippen LogP contribution is -1.92. The van der Waals surface area contributed by atoms with Crippen molar-refractivity contribution in [2.24, 2.45) is 0 Å². The van der Waals surface area contributed by atoms with Crippen molar-refractivity contribution in [1.82, 2.24) is 4.98 Å². The molecule has 3 N–H and O–H groups in total. The van der Waals surface area contributed by atoms with E-state index in [0.717, 1.165) is 4.47 Å². The van der Waals surface area contributed by atoms with Gasteiger partial charge in [-0.3, -0.25) is 0 Å². The number of aromatic hydroxyl groups is 1. The number of hydrogen-bond donors (Lipinski definition) is 2. The number of pyridine rings is 1. The van der Waals surface area contributed by atoms with Gasteiger partial charge in [0, 0.05) is 16.2 Å². The highest BCUT2D eigenvalue weighted by Crippen LogP contribution is 2.27. The minimum absolute atomic E-state index is 0. The molecule has 0 bridgehead atoms. The summed E-state index contributed by atoms with van der Waals surface area (Å²) >= 11 is 3.20. The van der Waals surface area contributed by atoms with Gasteiger partial charge in [-0.2, -0.15) is 0 Å². The quantitative estimate of drug-likeness (QED) is 0.766. The van der Waals surface area contributed by atoms with Gasteiger partial charge in [0.1, 0.15) is 0 Å². The highest BCUT2D eigenvalue weighted by molar-refractivity contribution is 9.10. The number of nitrogens with two attached hydrogens (primary N) is 1. The van der Waals surface area contributed by atoms with Crippen molar-refractivity contribution in [3.8, 4) is 5.75 Å². The van der Waals surface area contributed by atoms with Gasteiger partial charge in [-0.25, -0.2) is 4.98 Å². The van der Waals surface area contributed by atoms with Crippen molar-refractivity contribution in [2.45, 2.75) is 6.92 Å². The summed E-state index contributed by atoms with van der Waals surface area (Å²) in [5.41, 5.74) is 6.02. The first kappa shape index (κ1) is 10.7. The van der Waals surface area contributed by atoms with Crippen LogP contribution in [0.2, 0.25) is 0 Å². The second-order valence-corrected chi connectivity index (χ2v) is 2.82. The molecule has 11 heavy (non-hydrogen) atoms. The molecule has 5 heteroatoms. The number of rotatable bonds is 0. The molecule has 0 aliphatic rings. The first-order valence-corrected chi connectivity index (χ1v) is 3.51. The molecule has 0 aliphatic carbocycles. The van der Waals surface area contributed by atoms with Gasteiger partial charge in [-0.1, -0.05) is 0 Å². The van der Waals surface area contributed by atoms with E-state index < -0.39 is 0 Å². The molecule has 0 fully saturated rings. The fraction of sp³-hybridized carbons (Fsp3) is 0.167. The predicted molar refractivity (Wildman–Crippen MR) is 53.1 cm³/mol. The second kappa shape index (κ2) is 3.92. The highest BCUT2D eigenvalue weighted by Gasteiger charge is 2.04. The molecule has 0 spiro atoms. The van der Waals surface area contributed by atoms with Crippen molar-refractivity contribution < 1.29 is 5.11 Å². The summed E-state index contributed by atoms with van der Waals surface area (Å²) in [5.74, 6) is 0.218. The van der Waals surface area contributed by atoms with Crippen LogP contribution in [-0.4, -0.2) is 10.1 Å². The molecular formula is C6H8Br2N2O. The highest BCUT2D eigenvalue weighted by atomic mass is 79.9. The van der Waals surface area contributed by atoms with Crippen LogP contribution < -0.4 is 5.73 Å². The molecule has 0 unspecified atom stereocenters. The maximum Gasteiger partial charge on any atom is 0.166 e. The van der Waals surface area contributed by atoms with E-state index in [4.69, 9.17) is 10.8 Å². The Hall–Kier alpha value is -0.290. The van der Waals surface area contributed by atoms with Gasteiger partial charge in [0.2, 0.25) is 0 Å². The summed E-state index contributed by atoms with van der Waals surface area (Å²) in [4.78, 5) is 3.72. The van der Waals surface area contributed by atoms with E-state index in [1.54, 1.807) is 13.1 Å². The third-order valence-electron chi connectivity index (χ3n) is 1.27. The van der Waals surface area contributed by atoms with Crippen LogP contribution in [0.15, 0.2) is 10.7 Å². The van der Waals surface area contributed by atoms with E-state index in [0.29, 0.717) is 5.56 Å². The molecule has 0 atom stereocenters. The van der Waals surface area contributed by atoms with Gasteiger partial charge in [-0.05, 0) is 22.9 Å². The largest absolute Gasteiger partial charge is 0.504 e. The average Bonchev–Trinajstić information content (AvgIpc) is 1.93. The zero-order valence-electron chi connectivity index (χ0n) is 5.84. The number of anilines is 1. The van der Waals surface area contributed by atoms with Crippen LogP contribution in [-0.2, 0) is 0 Å². The number of aromatic nitrogens is 1. The molecule has 0 aromatic carbocycles. The molecule has 0 aliphatic heterocycles. The topological polar surface area (TPSA) is 59.1 Å². The Morgan fingerprint density at radius 1 is 1.64 bits per heavy atom. The van der Waals surface area contributed by atoms with Gasteiger partial charge < -0.3 is 10.8 Å². The van der Waals surface area contributed by atoms with Gasteiger partial charge in [0.15, 0.2) is 11.6 Å².